The number of hydrogen-bond donors (Lipinski definition) is 3. The van der Waals surface area contributed by atoms with Gasteiger partial charge in [0.15, 0.2) is 11.5 Å². The highest BCUT2D eigenvalue weighted by Crippen LogP contribution is 2.22. The molecular formula is C16H14N8. The van der Waals surface area contributed by atoms with Gasteiger partial charge in [-0.2, -0.15) is 0 Å². The summed E-state index contributed by atoms with van der Waals surface area (Å²) < 4.78 is 0. The van der Waals surface area contributed by atoms with E-state index in [1.54, 1.807) is 12.7 Å². The van der Waals surface area contributed by atoms with Gasteiger partial charge >= 0.3 is 0 Å². The Morgan fingerprint density at radius 2 is 1.58 bits per heavy atom. The smallest absolute Gasteiger partial charge is 0.182 e. The van der Waals surface area contributed by atoms with Crippen molar-refractivity contribution in [3.8, 4) is 0 Å². The molecule has 0 aliphatic carbocycles. The summed E-state index contributed by atoms with van der Waals surface area (Å²) >= 11 is 0. The number of aromatic amines is 1. The molecule has 1 aromatic carbocycles. The minimum absolute atomic E-state index is 0.630. The lowest BCUT2D eigenvalue weighted by Crippen LogP contribution is -1.97. The molecule has 3 N–H and O–H groups in total. The highest BCUT2D eigenvalue weighted by Gasteiger charge is 2.06. The molecule has 0 aliphatic heterocycles. The van der Waals surface area contributed by atoms with Crippen molar-refractivity contribution in [2.45, 2.75) is 6.92 Å². The van der Waals surface area contributed by atoms with Crippen LogP contribution in [0.25, 0.3) is 11.2 Å². The Balaban J connectivity index is 1.52. The number of benzene rings is 1. The maximum Gasteiger partial charge on any atom is 0.182 e. The molecule has 0 fully saturated rings. The SMILES string of the molecule is Cc1cc(Nc2ccc(Nc3ncnc4nc[nH]c34)cc2)ncn1. The number of nitrogens with zero attached hydrogens (tertiary/aromatic N) is 5. The van der Waals surface area contributed by atoms with Gasteiger partial charge in [-0.25, -0.2) is 24.9 Å². The summed E-state index contributed by atoms with van der Waals surface area (Å²) in [5, 5.41) is 6.50. The number of hydrogen-bond acceptors (Lipinski definition) is 7. The van der Waals surface area contributed by atoms with Gasteiger partial charge in [-0.15, -0.1) is 0 Å². The fourth-order valence-electron chi connectivity index (χ4n) is 2.30. The zero-order valence-corrected chi connectivity index (χ0v) is 12.9. The van der Waals surface area contributed by atoms with Crippen molar-refractivity contribution in [2.75, 3.05) is 10.6 Å². The third kappa shape index (κ3) is 2.84. The molecule has 3 heterocycles. The van der Waals surface area contributed by atoms with Crippen molar-refractivity contribution in [2.24, 2.45) is 0 Å². The average molecular weight is 318 g/mol. The normalized spacial score (nSPS) is 10.7. The number of aryl methyl sites for hydroxylation is 1. The molecule has 0 radical (unpaired) electrons. The standard InChI is InChI=1S/C16H14N8/c1-10-6-13(18-7-17-10)23-11-2-4-12(5-3-11)24-16-14-15(20-8-19-14)21-9-22-16/h2-9H,1H3,(H,17,18,23)(H2,19,20,21,22,24). The van der Waals surface area contributed by atoms with Crippen LogP contribution in [0.1, 0.15) is 5.69 Å². The molecule has 8 nitrogen and oxygen atoms in total. The number of imidazole rings is 1. The van der Waals surface area contributed by atoms with Crippen LogP contribution in [0.2, 0.25) is 0 Å². The van der Waals surface area contributed by atoms with Crippen LogP contribution in [-0.4, -0.2) is 29.9 Å². The highest BCUT2D eigenvalue weighted by molar-refractivity contribution is 5.84. The van der Waals surface area contributed by atoms with E-state index in [1.807, 2.05) is 37.3 Å². The first-order chi connectivity index (χ1) is 11.8. The number of nitrogens with one attached hydrogen (secondary N) is 3. The van der Waals surface area contributed by atoms with Gasteiger partial charge in [0.1, 0.15) is 24.0 Å². The number of rotatable bonds is 4. The summed E-state index contributed by atoms with van der Waals surface area (Å²) in [7, 11) is 0. The topological polar surface area (TPSA) is 104 Å². The number of anilines is 4. The average Bonchev–Trinajstić information content (AvgIpc) is 3.06. The van der Waals surface area contributed by atoms with Crippen molar-refractivity contribution in [3.63, 3.8) is 0 Å². The lowest BCUT2D eigenvalue weighted by atomic mass is 10.2. The molecule has 0 spiro atoms. The van der Waals surface area contributed by atoms with Crippen molar-refractivity contribution >= 4 is 34.2 Å². The first kappa shape index (κ1) is 14.1. The van der Waals surface area contributed by atoms with E-state index in [9.17, 15) is 0 Å². The zero-order valence-electron chi connectivity index (χ0n) is 12.9. The fraction of sp³-hybridized carbons (Fsp3) is 0.0625. The lowest BCUT2D eigenvalue weighted by Gasteiger charge is -2.09. The van der Waals surface area contributed by atoms with Crippen LogP contribution in [0, 0.1) is 6.92 Å². The monoisotopic (exact) mass is 318 g/mol. The quantitative estimate of drug-likeness (QED) is 0.531. The molecule has 0 saturated carbocycles. The Bertz CT molecular complexity index is 977. The van der Waals surface area contributed by atoms with Crippen LogP contribution in [0.4, 0.5) is 23.0 Å². The summed E-state index contributed by atoms with van der Waals surface area (Å²) in [6.07, 6.45) is 4.62. The second-order valence-electron chi connectivity index (χ2n) is 5.20. The third-order valence-corrected chi connectivity index (χ3v) is 3.45. The summed E-state index contributed by atoms with van der Waals surface area (Å²) in [5.41, 5.74) is 4.17. The molecule has 0 unspecified atom stereocenters. The Labute approximate surface area is 137 Å². The summed E-state index contributed by atoms with van der Waals surface area (Å²) in [6, 6.07) is 9.74. The van der Waals surface area contributed by atoms with Gasteiger partial charge in [-0.1, -0.05) is 0 Å². The van der Waals surface area contributed by atoms with Gasteiger partial charge in [-0.05, 0) is 31.2 Å². The number of H-pyrrole nitrogens is 1. The molecule has 0 aliphatic rings. The largest absolute Gasteiger partial charge is 0.340 e. The van der Waals surface area contributed by atoms with Crippen LogP contribution < -0.4 is 10.6 Å². The van der Waals surface area contributed by atoms with E-state index in [0.29, 0.717) is 11.5 Å². The van der Waals surface area contributed by atoms with Crippen molar-refractivity contribution in [1.29, 1.82) is 0 Å². The molecule has 0 bridgehead atoms. The van der Waals surface area contributed by atoms with Gasteiger partial charge in [0.2, 0.25) is 0 Å². The van der Waals surface area contributed by atoms with Crippen molar-refractivity contribution < 1.29 is 0 Å². The van der Waals surface area contributed by atoms with E-state index in [2.05, 4.69) is 40.5 Å². The molecule has 0 atom stereocenters. The van der Waals surface area contributed by atoms with Crippen molar-refractivity contribution in [1.82, 2.24) is 29.9 Å². The molecule has 24 heavy (non-hydrogen) atoms. The minimum Gasteiger partial charge on any atom is -0.340 e. The van der Waals surface area contributed by atoms with Gasteiger partial charge in [0.05, 0.1) is 6.33 Å². The maximum atomic E-state index is 4.25. The van der Waals surface area contributed by atoms with E-state index in [0.717, 1.165) is 28.4 Å². The Kier molecular flexibility index (Phi) is 3.47. The van der Waals surface area contributed by atoms with E-state index < -0.39 is 0 Å². The lowest BCUT2D eigenvalue weighted by molar-refractivity contribution is 1.10. The predicted octanol–water partition coefficient (Wildman–Crippen LogP) is 2.94. The number of fused-ring (bicyclic) bond motifs is 1. The Morgan fingerprint density at radius 1 is 0.833 bits per heavy atom. The summed E-state index contributed by atoms with van der Waals surface area (Å²) in [5.74, 6) is 1.45. The molecule has 8 heteroatoms. The van der Waals surface area contributed by atoms with Gasteiger partial charge in [0, 0.05) is 23.1 Å². The van der Waals surface area contributed by atoms with Crippen LogP contribution in [0.15, 0.2) is 49.3 Å². The maximum absolute atomic E-state index is 4.25. The molecule has 4 aromatic rings. The predicted molar refractivity (Wildman–Crippen MR) is 91.5 cm³/mol. The highest BCUT2D eigenvalue weighted by atomic mass is 15.1. The second kappa shape index (κ2) is 5.92. The first-order valence-corrected chi connectivity index (χ1v) is 7.35. The molecule has 4 rings (SSSR count). The third-order valence-electron chi connectivity index (χ3n) is 3.45. The molecule has 3 aromatic heterocycles. The molecule has 0 amide bonds. The van der Waals surface area contributed by atoms with Crippen LogP contribution in [-0.2, 0) is 0 Å². The van der Waals surface area contributed by atoms with Gasteiger partial charge < -0.3 is 15.6 Å². The van der Waals surface area contributed by atoms with E-state index in [-0.39, 0.29) is 0 Å². The van der Waals surface area contributed by atoms with Crippen LogP contribution in [0.3, 0.4) is 0 Å². The van der Waals surface area contributed by atoms with E-state index in [4.69, 9.17) is 0 Å². The molecule has 118 valence electrons. The van der Waals surface area contributed by atoms with Gasteiger partial charge in [0.25, 0.3) is 0 Å². The van der Waals surface area contributed by atoms with Crippen LogP contribution in [0.5, 0.6) is 0 Å². The summed E-state index contributed by atoms with van der Waals surface area (Å²) in [4.78, 5) is 23.8. The van der Waals surface area contributed by atoms with Crippen LogP contribution >= 0.6 is 0 Å². The number of aromatic nitrogens is 6. The zero-order chi connectivity index (χ0) is 16.4. The van der Waals surface area contributed by atoms with Gasteiger partial charge in [-0.3, -0.25) is 0 Å². The Hall–Kier alpha value is -3.55. The summed E-state index contributed by atoms with van der Waals surface area (Å²) in [6.45, 7) is 1.93. The fourth-order valence-corrected chi connectivity index (χ4v) is 2.30. The van der Waals surface area contributed by atoms with E-state index in [1.165, 1.54) is 6.33 Å². The second-order valence-corrected chi connectivity index (χ2v) is 5.20. The molecule has 0 saturated heterocycles. The molecular weight excluding hydrogens is 304 g/mol. The first-order valence-electron chi connectivity index (χ1n) is 7.35. The minimum atomic E-state index is 0.630. The van der Waals surface area contributed by atoms with Crippen molar-refractivity contribution in [3.05, 3.63) is 55.0 Å². The Morgan fingerprint density at radius 3 is 2.38 bits per heavy atom. The van der Waals surface area contributed by atoms with E-state index >= 15 is 0 Å².